The van der Waals surface area contributed by atoms with Gasteiger partial charge in [0.25, 0.3) is 0 Å². The normalized spacial score (nSPS) is 12.4. The molecule has 0 aliphatic rings. The van der Waals surface area contributed by atoms with E-state index in [0.717, 1.165) is 14.9 Å². The molecule has 6 heteroatoms. The minimum Gasteiger partial charge on any atom is -0.492 e. The van der Waals surface area contributed by atoms with Gasteiger partial charge in [-0.3, -0.25) is 0 Å². The summed E-state index contributed by atoms with van der Waals surface area (Å²) in [5.74, 6) is 0.615. The number of benzene rings is 1. The Balaban J connectivity index is 2.42. The van der Waals surface area contributed by atoms with Gasteiger partial charge in [0.05, 0.1) is 21.5 Å². The van der Waals surface area contributed by atoms with Gasteiger partial charge in [-0.05, 0) is 58.5 Å². The van der Waals surface area contributed by atoms with Gasteiger partial charge in [-0.25, -0.2) is 0 Å². The summed E-state index contributed by atoms with van der Waals surface area (Å²) in [5, 5.41) is 6.57. The standard InChI is InChI=1S/C14H14BrCl2NOS/c1-3-19-12-6-10(16)9(5-11(12)17)14(18-2)8-4-13(15)20-7-8/h4-7,14,18H,3H2,1-2H3. The van der Waals surface area contributed by atoms with E-state index in [0.29, 0.717) is 22.4 Å². The minimum absolute atomic E-state index is 0.00164. The monoisotopic (exact) mass is 393 g/mol. The molecule has 2 nitrogen and oxygen atoms in total. The average molecular weight is 395 g/mol. The zero-order valence-electron chi connectivity index (χ0n) is 11.0. The Kier molecular flexibility index (Phi) is 5.75. The highest BCUT2D eigenvalue weighted by atomic mass is 79.9. The maximum atomic E-state index is 6.38. The fourth-order valence-corrected chi connectivity index (χ4v) is 3.70. The summed E-state index contributed by atoms with van der Waals surface area (Å²) in [6, 6.07) is 5.71. The zero-order chi connectivity index (χ0) is 14.7. The molecule has 1 N–H and O–H groups in total. The molecular formula is C14H14BrCl2NOS. The number of thiophene rings is 1. The Morgan fingerprint density at radius 2 is 2.05 bits per heavy atom. The van der Waals surface area contributed by atoms with Crippen LogP contribution in [-0.2, 0) is 0 Å². The Bertz CT molecular complexity index is 603. The van der Waals surface area contributed by atoms with E-state index in [1.54, 1.807) is 17.4 Å². The van der Waals surface area contributed by atoms with Gasteiger partial charge in [0.15, 0.2) is 0 Å². The van der Waals surface area contributed by atoms with Crippen LogP contribution in [0.15, 0.2) is 27.4 Å². The molecule has 0 bridgehead atoms. The molecule has 2 rings (SSSR count). The third kappa shape index (κ3) is 3.49. The maximum absolute atomic E-state index is 6.38. The molecule has 1 atom stereocenters. The van der Waals surface area contributed by atoms with Crippen molar-refractivity contribution in [2.24, 2.45) is 0 Å². The van der Waals surface area contributed by atoms with Crippen LogP contribution in [-0.4, -0.2) is 13.7 Å². The highest BCUT2D eigenvalue weighted by Gasteiger charge is 2.19. The van der Waals surface area contributed by atoms with Gasteiger partial charge >= 0.3 is 0 Å². The topological polar surface area (TPSA) is 21.3 Å². The molecule has 20 heavy (non-hydrogen) atoms. The van der Waals surface area contributed by atoms with Gasteiger partial charge in [-0.1, -0.05) is 23.2 Å². The fraction of sp³-hybridized carbons (Fsp3) is 0.286. The molecule has 0 amide bonds. The highest BCUT2D eigenvalue weighted by Crippen LogP contribution is 2.37. The molecule has 0 fully saturated rings. The van der Waals surface area contributed by atoms with Crippen LogP contribution in [0.2, 0.25) is 10.0 Å². The van der Waals surface area contributed by atoms with E-state index in [2.05, 4.69) is 32.7 Å². The lowest BCUT2D eigenvalue weighted by molar-refractivity contribution is 0.340. The van der Waals surface area contributed by atoms with Crippen LogP contribution in [0, 0.1) is 0 Å². The summed E-state index contributed by atoms with van der Waals surface area (Å²) >= 11 is 17.8. The van der Waals surface area contributed by atoms with Gasteiger partial charge in [0.1, 0.15) is 5.75 Å². The number of rotatable bonds is 5. The van der Waals surface area contributed by atoms with Crippen molar-refractivity contribution < 1.29 is 4.74 Å². The fourth-order valence-electron chi connectivity index (χ4n) is 2.01. The molecule has 1 aromatic carbocycles. The van der Waals surface area contributed by atoms with E-state index in [1.807, 2.05) is 20.0 Å². The summed E-state index contributed by atoms with van der Waals surface area (Å²) in [4.78, 5) is 0. The second-order valence-corrected chi connectivity index (χ2v) is 7.25. The Morgan fingerprint density at radius 3 is 2.60 bits per heavy atom. The molecule has 0 aliphatic heterocycles. The van der Waals surface area contributed by atoms with Crippen molar-refractivity contribution >= 4 is 50.5 Å². The van der Waals surface area contributed by atoms with Crippen LogP contribution in [0.1, 0.15) is 24.1 Å². The van der Waals surface area contributed by atoms with Crippen molar-refractivity contribution in [3.63, 3.8) is 0 Å². The largest absolute Gasteiger partial charge is 0.492 e. The number of hydrogen-bond donors (Lipinski definition) is 1. The second-order valence-electron chi connectivity index (χ2n) is 4.14. The summed E-state index contributed by atoms with van der Waals surface area (Å²) in [5.41, 5.74) is 2.08. The van der Waals surface area contributed by atoms with Crippen LogP contribution in [0.25, 0.3) is 0 Å². The zero-order valence-corrected chi connectivity index (χ0v) is 15.0. The molecule has 108 valence electrons. The lowest BCUT2D eigenvalue weighted by Gasteiger charge is -2.18. The van der Waals surface area contributed by atoms with E-state index in [4.69, 9.17) is 27.9 Å². The van der Waals surface area contributed by atoms with Crippen LogP contribution < -0.4 is 10.1 Å². The molecule has 0 spiro atoms. The number of halogens is 3. The summed E-state index contributed by atoms with van der Waals surface area (Å²) in [6.07, 6.45) is 0. The predicted molar refractivity (Wildman–Crippen MR) is 90.6 cm³/mol. The molecular weight excluding hydrogens is 381 g/mol. The van der Waals surface area contributed by atoms with Crippen molar-refractivity contribution in [3.05, 3.63) is 48.5 Å². The molecule has 0 radical (unpaired) electrons. The van der Waals surface area contributed by atoms with Crippen molar-refractivity contribution in [3.8, 4) is 5.75 Å². The molecule has 0 saturated heterocycles. The van der Waals surface area contributed by atoms with Gasteiger partial charge in [-0.15, -0.1) is 11.3 Å². The highest BCUT2D eigenvalue weighted by molar-refractivity contribution is 9.11. The quantitative estimate of drug-likeness (QED) is 0.720. The van der Waals surface area contributed by atoms with Crippen molar-refractivity contribution in [1.29, 1.82) is 0 Å². The van der Waals surface area contributed by atoms with Crippen LogP contribution in [0.5, 0.6) is 5.75 Å². The number of hydrogen-bond acceptors (Lipinski definition) is 3. The maximum Gasteiger partial charge on any atom is 0.139 e. The van der Waals surface area contributed by atoms with E-state index < -0.39 is 0 Å². The minimum atomic E-state index is -0.00164. The molecule has 0 aliphatic carbocycles. The Morgan fingerprint density at radius 1 is 1.30 bits per heavy atom. The lowest BCUT2D eigenvalue weighted by Crippen LogP contribution is -2.17. The summed E-state index contributed by atoms with van der Waals surface area (Å²) < 4.78 is 6.54. The van der Waals surface area contributed by atoms with Crippen LogP contribution in [0.4, 0.5) is 0 Å². The van der Waals surface area contributed by atoms with E-state index in [9.17, 15) is 0 Å². The van der Waals surface area contributed by atoms with E-state index in [1.165, 1.54) is 0 Å². The average Bonchev–Trinajstić information content (AvgIpc) is 2.83. The van der Waals surface area contributed by atoms with E-state index >= 15 is 0 Å². The smallest absolute Gasteiger partial charge is 0.139 e. The first-order valence-corrected chi connectivity index (χ1v) is 8.52. The number of ether oxygens (including phenoxy) is 1. The van der Waals surface area contributed by atoms with Crippen molar-refractivity contribution in [2.75, 3.05) is 13.7 Å². The molecule has 0 saturated carbocycles. The summed E-state index contributed by atoms with van der Waals surface area (Å²) in [6.45, 7) is 2.47. The molecule has 1 aromatic heterocycles. The summed E-state index contributed by atoms with van der Waals surface area (Å²) in [7, 11) is 1.90. The first kappa shape index (κ1) is 16.1. The first-order chi connectivity index (χ1) is 9.56. The Labute approximate surface area is 141 Å². The lowest BCUT2D eigenvalue weighted by atomic mass is 10.0. The Hall–Kier alpha value is -0.260. The van der Waals surface area contributed by atoms with E-state index in [-0.39, 0.29) is 6.04 Å². The molecule has 2 aromatic rings. The molecule has 1 heterocycles. The first-order valence-electron chi connectivity index (χ1n) is 6.09. The van der Waals surface area contributed by atoms with Gasteiger partial charge in [0.2, 0.25) is 0 Å². The van der Waals surface area contributed by atoms with Gasteiger partial charge in [-0.2, -0.15) is 0 Å². The van der Waals surface area contributed by atoms with Gasteiger partial charge in [0, 0.05) is 11.1 Å². The van der Waals surface area contributed by atoms with Crippen molar-refractivity contribution in [2.45, 2.75) is 13.0 Å². The van der Waals surface area contributed by atoms with Crippen LogP contribution in [0.3, 0.4) is 0 Å². The van der Waals surface area contributed by atoms with Gasteiger partial charge < -0.3 is 10.1 Å². The molecule has 1 unspecified atom stereocenters. The SMILES string of the molecule is CCOc1cc(Cl)c(C(NC)c2csc(Br)c2)cc1Cl. The third-order valence-corrected chi connectivity index (χ3v) is 5.02. The van der Waals surface area contributed by atoms with Crippen molar-refractivity contribution in [1.82, 2.24) is 5.32 Å². The predicted octanol–water partition coefficient (Wildman–Crippen LogP) is 5.52. The number of nitrogens with one attached hydrogen (secondary N) is 1. The van der Waals surface area contributed by atoms with Crippen LogP contribution >= 0.6 is 50.5 Å². The second kappa shape index (κ2) is 7.14. The third-order valence-electron chi connectivity index (χ3n) is 2.87.